The van der Waals surface area contributed by atoms with E-state index in [1.165, 1.54) is 12.1 Å². The van der Waals surface area contributed by atoms with Crippen molar-refractivity contribution in [2.45, 2.75) is 6.92 Å². The van der Waals surface area contributed by atoms with Gasteiger partial charge in [0.2, 0.25) is 0 Å². The van der Waals surface area contributed by atoms with Gasteiger partial charge in [0.15, 0.2) is 0 Å². The topological polar surface area (TPSA) is 57.8 Å². The number of rotatable bonds is 2. The first-order valence-electron chi connectivity index (χ1n) is 5.75. The van der Waals surface area contributed by atoms with E-state index >= 15 is 0 Å². The third-order valence-corrected chi connectivity index (χ3v) is 4.52. The van der Waals surface area contributed by atoms with Crippen molar-refractivity contribution in [3.63, 3.8) is 0 Å². The van der Waals surface area contributed by atoms with Crippen LogP contribution in [0.3, 0.4) is 0 Å². The molecule has 20 heavy (non-hydrogen) atoms. The van der Waals surface area contributed by atoms with E-state index in [0.29, 0.717) is 25.8 Å². The van der Waals surface area contributed by atoms with E-state index in [0.717, 1.165) is 16.9 Å². The Morgan fingerprint density at radius 1 is 1.50 bits per heavy atom. The number of halogens is 2. The molecule has 1 amide bonds. The number of anilines is 1. The summed E-state index contributed by atoms with van der Waals surface area (Å²) in [6.45, 7) is 1.82. The summed E-state index contributed by atoms with van der Waals surface area (Å²) in [5.41, 5.74) is 0.821. The second-order valence-electron chi connectivity index (χ2n) is 4.27. The molecule has 4 nitrogen and oxygen atoms in total. The average molecular weight is 310 g/mol. The summed E-state index contributed by atoms with van der Waals surface area (Å²) in [5, 5.41) is 10.2. The summed E-state index contributed by atoms with van der Waals surface area (Å²) in [6.07, 6.45) is 1.61. The smallest absolute Gasteiger partial charge is 0.268 e. The molecule has 102 valence electrons. The zero-order chi connectivity index (χ0) is 14.3. The molecule has 2 aromatic heterocycles. The summed E-state index contributed by atoms with van der Waals surface area (Å²) in [4.78, 5) is 12.6. The Morgan fingerprint density at radius 2 is 2.30 bits per heavy atom. The third-order valence-electron chi connectivity index (χ3n) is 2.87. The number of fused-ring (bicyclic) bond motifs is 1. The maximum Gasteiger partial charge on any atom is 0.268 e. The fourth-order valence-electron chi connectivity index (χ4n) is 1.83. The van der Waals surface area contributed by atoms with Crippen LogP contribution >= 0.6 is 22.9 Å². The van der Waals surface area contributed by atoms with E-state index in [4.69, 9.17) is 11.6 Å². The van der Waals surface area contributed by atoms with Crippen LogP contribution in [0.5, 0.6) is 0 Å². The molecule has 0 unspecified atom stereocenters. The lowest BCUT2D eigenvalue weighted by Crippen LogP contribution is -2.11. The molecular weight excluding hydrogens is 301 g/mol. The maximum atomic E-state index is 13.2. The second-order valence-corrected chi connectivity index (χ2v) is 5.70. The fraction of sp³-hybridized carbons (Fsp3) is 0.0769. The van der Waals surface area contributed by atoms with Gasteiger partial charge in [0.1, 0.15) is 16.5 Å². The molecule has 3 aromatic rings. The largest absolute Gasteiger partial charge is 0.306 e. The molecule has 0 aliphatic rings. The first kappa shape index (κ1) is 13.1. The molecule has 0 saturated heterocycles. The van der Waals surface area contributed by atoms with Crippen LogP contribution < -0.4 is 5.32 Å². The number of H-pyrrole nitrogens is 1. The number of amides is 1. The number of benzene rings is 1. The number of hydrogen-bond donors (Lipinski definition) is 2. The van der Waals surface area contributed by atoms with Crippen LogP contribution in [0.4, 0.5) is 10.2 Å². The van der Waals surface area contributed by atoms with Gasteiger partial charge in [-0.25, -0.2) is 4.39 Å². The van der Waals surface area contributed by atoms with Crippen LogP contribution in [0.1, 0.15) is 15.2 Å². The van der Waals surface area contributed by atoms with Crippen molar-refractivity contribution >= 4 is 44.7 Å². The van der Waals surface area contributed by atoms with E-state index in [9.17, 15) is 9.18 Å². The molecule has 3 rings (SSSR count). The molecular formula is C13H9ClFN3OS. The molecule has 7 heteroatoms. The Morgan fingerprint density at radius 3 is 3.00 bits per heavy atom. The third kappa shape index (κ3) is 2.17. The Kier molecular flexibility index (Phi) is 3.19. The fourth-order valence-corrected chi connectivity index (χ4v) is 3.27. The number of carbonyl (C=O) groups is 1. The Labute approximate surface area is 122 Å². The van der Waals surface area contributed by atoms with Crippen LogP contribution in [0.25, 0.3) is 10.1 Å². The number of nitrogens with zero attached hydrogens (tertiary/aromatic N) is 1. The molecule has 2 heterocycles. The molecule has 2 N–H and O–H groups in total. The van der Waals surface area contributed by atoms with Gasteiger partial charge in [-0.1, -0.05) is 11.6 Å². The molecule has 0 fully saturated rings. The summed E-state index contributed by atoms with van der Waals surface area (Å²) in [6, 6.07) is 4.26. The van der Waals surface area contributed by atoms with Crippen molar-refractivity contribution in [3.8, 4) is 0 Å². The maximum absolute atomic E-state index is 13.2. The second kappa shape index (κ2) is 4.88. The van der Waals surface area contributed by atoms with Crippen LogP contribution in [0.15, 0.2) is 24.4 Å². The van der Waals surface area contributed by atoms with E-state index < -0.39 is 0 Å². The van der Waals surface area contributed by atoms with Gasteiger partial charge < -0.3 is 5.32 Å². The highest BCUT2D eigenvalue weighted by atomic mass is 35.5. The Bertz CT molecular complexity index is 811. The highest BCUT2D eigenvalue weighted by Crippen LogP contribution is 2.36. The Balaban J connectivity index is 1.99. The monoisotopic (exact) mass is 309 g/mol. The van der Waals surface area contributed by atoms with E-state index in [2.05, 4.69) is 15.5 Å². The minimum absolute atomic E-state index is 0.333. The number of aromatic nitrogens is 2. The first-order valence-corrected chi connectivity index (χ1v) is 6.94. The van der Waals surface area contributed by atoms with Gasteiger partial charge in [0.25, 0.3) is 5.91 Å². The van der Waals surface area contributed by atoms with Crippen LogP contribution in [0.2, 0.25) is 5.02 Å². The normalized spacial score (nSPS) is 10.9. The average Bonchev–Trinajstić information content (AvgIpc) is 2.94. The number of carbonyl (C=O) groups excluding carboxylic acids is 1. The molecule has 0 aliphatic carbocycles. The van der Waals surface area contributed by atoms with Crippen LogP contribution in [0, 0.1) is 12.7 Å². The van der Waals surface area contributed by atoms with Crippen LogP contribution in [-0.4, -0.2) is 16.1 Å². The molecule has 1 aromatic carbocycles. The van der Waals surface area contributed by atoms with Gasteiger partial charge in [0, 0.05) is 15.6 Å². The summed E-state index contributed by atoms with van der Waals surface area (Å²) in [5.74, 6) is -0.176. The van der Waals surface area contributed by atoms with Crippen molar-refractivity contribution in [1.82, 2.24) is 10.2 Å². The van der Waals surface area contributed by atoms with Crippen molar-refractivity contribution < 1.29 is 9.18 Å². The van der Waals surface area contributed by atoms with Crippen molar-refractivity contribution in [2.24, 2.45) is 0 Å². The van der Waals surface area contributed by atoms with Gasteiger partial charge >= 0.3 is 0 Å². The predicted octanol–water partition coefficient (Wildman–Crippen LogP) is 3.98. The SMILES string of the molecule is Cc1cn[nH]c1NC(=O)c1sc2cc(F)ccc2c1Cl. The van der Waals surface area contributed by atoms with Crippen molar-refractivity contribution in [2.75, 3.05) is 5.32 Å². The number of aromatic amines is 1. The number of hydrogen-bond acceptors (Lipinski definition) is 3. The molecule has 0 radical (unpaired) electrons. The van der Waals surface area contributed by atoms with E-state index in [1.54, 1.807) is 12.3 Å². The van der Waals surface area contributed by atoms with E-state index in [1.807, 2.05) is 6.92 Å². The van der Waals surface area contributed by atoms with Crippen molar-refractivity contribution in [1.29, 1.82) is 0 Å². The van der Waals surface area contributed by atoms with Gasteiger partial charge in [-0.3, -0.25) is 9.89 Å². The number of aryl methyl sites for hydroxylation is 1. The lowest BCUT2D eigenvalue weighted by atomic mass is 10.2. The summed E-state index contributed by atoms with van der Waals surface area (Å²) < 4.78 is 13.8. The first-order chi connectivity index (χ1) is 9.56. The molecule has 0 saturated carbocycles. The highest BCUT2D eigenvalue weighted by molar-refractivity contribution is 7.21. The summed E-state index contributed by atoms with van der Waals surface area (Å²) >= 11 is 7.34. The zero-order valence-electron chi connectivity index (χ0n) is 10.3. The lowest BCUT2D eigenvalue weighted by Gasteiger charge is -2.01. The number of thiophene rings is 1. The van der Waals surface area contributed by atoms with Crippen molar-refractivity contribution in [3.05, 3.63) is 45.7 Å². The minimum atomic E-state index is -0.355. The molecule has 0 atom stereocenters. The van der Waals surface area contributed by atoms with Gasteiger partial charge in [-0.05, 0) is 25.1 Å². The van der Waals surface area contributed by atoms with Gasteiger partial charge in [0.05, 0.1) is 11.2 Å². The van der Waals surface area contributed by atoms with Crippen LogP contribution in [-0.2, 0) is 0 Å². The minimum Gasteiger partial charge on any atom is -0.306 e. The molecule has 0 aliphatic heterocycles. The Hall–Kier alpha value is -1.92. The summed E-state index contributed by atoms with van der Waals surface area (Å²) in [7, 11) is 0. The number of nitrogens with one attached hydrogen (secondary N) is 2. The molecule has 0 spiro atoms. The highest BCUT2D eigenvalue weighted by Gasteiger charge is 2.18. The van der Waals surface area contributed by atoms with Gasteiger partial charge in [-0.15, -0.1) is 11.3 Å². The van der Waals surface area contributed by atoms with Gasteiger partial charge in [-0.2, -0.15) is 5.10 Å². The quantitative estimate of drug-likeness (QED) is 0.752. The van der Waals surface area contributed by atoms with E-state index in [-0.39, 0.29) is 11.7 Å². The lowest BCUT2D eigenvalue weighted by molar-refractivity contribution is 0.103. The zero-order valence-corrected chi connectivity index (χ0v) is 11.9. The standard InChI is InChI=1S/C13H9ClFN3OS/c1-6-5-16-18-12(6)17-13(19)11-10(14)8-3-2-7(15)4-9(8)20-11/h2-5H,1H3,(H2,16,17,18,19). The molecule has 0 bridgehead atoms. The predicted molar refractivity (Wildman–Crippen MR) is 78.1 cm³/mol.